The van der Waals surface area contributed by atoms with Gasteiger partial charge in [-0.1, -0.05) is 54.6 Å². The Hall–Kier alpha value is -5.16. The lowest BCUT2D eigenvalue weighted by Crippen LogP contribution is -2.06. The molecule has 188 valence electrons. The van der Waals surface area contributed by atoms with Crippen molar-refractivity contribution in [1.29, 1.82) is 0 Å². The molecular weight excluding hydrogens is 511 g/mol. The third-order valence-electron chi connectivity index (χ3n) is 7.01. The van der Waals surface area contributed by atoms with Crippen LogP contribution in [0.5, 0.6) is 0 Å². The van der Waals surface area contributed by atoms with E-state index in [2.05, 4.69) is 4.85 Å². The highest BCUT2D eigenvalue weighted by atomic mass is 19.2. The number of halogens is 5. The average Bonchev–Trinajstić information content (AvgIpc) is 3.48. The summed E-state index contributed by atoms with van der Waals surface area (Å²) in [7, 11) is 0. The highest BCUT2D eigenvalue weighted by Crippen LogP contribution is 2.44. The Balaban J connectivity index is 1.68. The van der Waals surface area contributed by atoms with Gasteiger partial charge in [0.15, 0.2) is 23.3 Å². The molecule has 5 aromatic carbocycles. The number of para-hydroxylation sites is 3. The van der Waals surface area contributed by atoms with Crippen molar-refractivity contribution in [2.45, 2.75) is 0 Å². The summed E-state index contributed by atoms with van der Waals surface area (Å²) < 4.78 is 80.3. The molecule has 0 amide bonds. The van der Waals surface area contributed by atoms with Gasteiger partial charge in [0.2, 0.25) is 11.5 Å². The first-order valence-electron chi connectivity index (χ1n) is 11.8. The van der Waals surface area contributed by atoms with Crippen molar-refractivity contribution >= 4 is 49.4 Å². The van der Waals surface area contributed by atoms with Gasteiger partial charge in [-0.25, -0.2) is 26.8 Å². The summed E-state index contributed by atoms with van der Waals surface area (Å²) >= 11 is 0. The van der Waals surface area contributed by atoms with Crippen LogP contribution in [-0.2, 0) is 0 Å². The molecule has 0 saturated carbocycles. The van der Waals surface area contributed by atoms with Crippen molar-refractivity contribution in [3.8, 4) is 16.8 Å². The van der Waals surface area contributed by atoms with E-state index in [1.807, 2.05) is 42.5 Å². The Morgan fingerprint density at radius 1 is 0.590 bits per heavy atom. The minimum absolute atomic E-state index is 0.0163. The topological polar surface area (TPSA) is 22.4 Å². The van der Waals surface area contributed by atoms with Gasteiger partial charge in [-0.05, 0) is 18.2 Å². The molecule has 0 aliphatic rings. The van der Waals surface area contributed by atoms with Crippen LogP contribution in [0.2, 0.25) is 0 Å². The van der Waals surface area contributed by atoms with E-state index in [0.29, 0.717) is 22.2 Å². The third kappa shape index (κ3) is 3.07. The molecule has 0 N–H and O–H groups in total. The van der Waals surface area contributed by atoms with Gasteiger partial charge in [-0.3, -0.25) is 0 Å². The number of nitrogens with zero attached hydrogens (tertiary/aromatic N) is 2. The summed E-state index contributed by atoms with van der Waals surface area (Å²) in [5.41, 5.74) is 0.826. The van der Waals surface area contributed by atoms with E-state index in [1.54, 1.807) is 22.8 Å². The fraction of sp³-hybridized carbons (Fsp3) is 0. The standard InChI is InChI=1S/C31H13F5N2O/c1-37-20-10-6-9-17(25-26(32)28(34)30(36)29(35)27(25)33)31(20)38-21-11-4-2-7-15(21)18-13-19-16-8-3-5-12-23(16)39-24(19)14-22(18)38/h2-14H. The molecule has 0 unspecified atom stereocenters. The van der Waals surface area contributed by atoms with Crippen LogP contribution in [0.1, 0.15) is 0 Å². The molecule has 0 atom stereocenters. The zero-order valence-corrected chi connectivity index (χ0v) is 19.7. The third-order valence-corrected chi connectivity index (χ3v) is 7.01. The van der Waals surface area contributed by atoms with Crippen molar-refractivity contribution in [2.75, 3.05) is 0 Å². The van der Waals surface area contributed by atoms with Gasteiger partial charge >= 0.3 is 0 Å². The summed E-state index contributed by atoms with van der Waals surface area (Å²) in [6, 6.07) is 22.4. The number of furan rings is 1. The SMILES string of the molecule is [C-]#[N+]c1cccc(-c2c(F)c(F)c(F)c(F)c2F)c1-n1c2ccccc2c2cc3c(cc21)oc1ccccc13. The minimum atomic E-state index is -2.25. The molecule has 7 aromatic rings. The van der Waals surface area contributed by atoms with Crippen LogP contribution in [0.15, 0.2) is 83.3 Å². The van der Waals surface area contributed by atoms with E-state index in [0.717, 1.165) is 21.5 Å². The van der Waals surface area contributed by atoms with Crippen LogP contribution in [-0.4, -0.2) is 4.57 Å². The van der Waals surface area contributed by atoms with Gasteiger partial charge in [0, 0.05) is 33.2 Å². The van der Waals surface area contributed by atoms with Crippen LogP contribution in [0.4, 0.5) is 27.6 Å². The largest absolute Gasteiger partial charge is 0.456 e. The van der Waals surface area contributed by atoms with Gasteiger partial charge in [-0.15, -0.1) is 0 Å². The van der Waals surface area contributed by atoms with E-state index in [-0.39, 0.29) is 16.9 Å². The maximum Gasteiger partial charge on any atom is 0.211 e. The molecule has 2 heterocycles. The Labute approximate surface area is 216 Å². The predicted octanol–water partition coefficient (Wildman–Crippen LogP) is 9.60. The lowest BCUT2D eigenvalue weighted by atomic mass is 10.00. The quantitative estimate of drug-likeness (QED) is 0.0956. The summed E-state index contributed by atoms with van der Waals surface area (Å²) in [6.07, 6.45) is 0. The lowest BCUT2D eigenvalue weighted by molar-refractivity contribution is 0.381. The molecule has 0 saturated heterocycles. The highest BCUT2D eigenvalue weighted by molar-refractivity contribution is 6.17. The van der Waals surface area contributed by atoms with Crippen LogP contribution >= 0.6 is 0 Å². The van der Waals surface area contributed by atoms with E-state index in [1.165, 1.54) is 18.2 Å². The Morgan fingerprint density at radius 2 is 1.26 bits per heavy atom. The van der Waals surface area contributed by atoms with Crippen LogP contribution < -0.4 is 0 Å². The first-order chi connectivity index (χ1) is 18.9. The maximum atomic E-state index is 15.1. The minimum Gasteiger partial charge on any atom is -0.456 e. The van der Waals surface area contributed by atoms with Crippen molar-refractivity contribution < 1.29 is 26.4 Å². The first-order valence-corrected chi connectivity index (χ1v) is 11.8. The van der Waals surface area contributed by atoms with E-state index < -0.39 is 34.6 Å². The number of aromatic nitrogens is 1. The summed E-state index contributed by atoms with van der Waals surface area (Å²) in [6.45, 7) is 7.79. The molecule has 0 radical (unpaired) electrons. The Kier molecular flexibility index (Phi) is 4.82. The number of benzene rings is 5. The predicted molar refractivity (Wildman–Crippen MR) is 140 cm³/mol. The smallest absolute Gasteiger partial charge is 0.211 e. The Morgan fingerprint density at radius 3 is 2.00 bits per heavy atom. The highest BCUT2D eigenvalue weighted by Gasteiger charge is 2.30. The van der Waals surface area contributed by atoms with Crippen molar-refractivity contribution in [1.82, 2.24) is 4.57 Å². The summed E-state index contributed by atoms with van der Waals surface area (Å²) in [4.78, 5) is 3.54. The van der Waals surface area contributed by atoms with Crippen molar-refractivity contribution in [3.05, 3.63) is 119 Å². The summed E-state index contributed by atoms with van der Waals surface area (Å²) in [5, 5.41) is 3.27. The van der Waals surface area contributed by atoms with Gasteiger partial charge < -0.3 is 8.98 Å². The molecule has 39 heavy (non-hydrogen) atoms. The fourth-order valence-corrected chi connectivity index (χ4v) is 5.33. The van der Waals surface area contributed by atoms with E-state index in [9.17, 15) is 13.2 Å². The second-order valence-electron chi connectivity index (χ2n) is 9.05. The van der Waals surface area contributed by atoms with Crippen LogP contribution in [0, 0.1) is 35.7 Å². The molecule has 0 spiro atoms. The monoisotopic (exact) mass is 524 g/mol. The Bertz CT molecular complexity index is 2170. The first kappa shape index (κ1) is 23.0. The second kappa shape index (κ2) is 8.17. The van der Waals surface area contributed by atoms with Gasteiger partial charge in [-0.2, -0.15) is 0 Å². The number of rotatable bonds is 2. The molecule has 0 aliphatic carbocycles. The van der Waals surface area contributed by atoms with Gasteiger partial charge in [0.25, 0.3) is 0 Å². The zero-order valence-electron chi connectivity index (χ0n) is 19.7. The van der Waals surface area contributed by atoms with Crippen LogP contribution in [0.25, 0.3) is 65.4 Å². The lowest BCUT2D eigenvalue weighted by Gasteiger charge is -2.17. The normalized spacial score (nSPS) is 11.7. The van der Waals surface area contributed by atoms with Crippen molar-refractivity contribution in [2.24, 2.45) is 0 Å². The number of hydrogen-bond acceptors (Lipinski definition) is 1. The zero-order chi connectivity index (χ0) is 27.0. The van der Waals surface area contributed by atoms with Crippen LogP contribution in [0.3, 0.4) is 0 Å². The molecule has 2 aromatic heterocycles. The molecule has 0 fully saturated rings. The molecule has 0 aliphatic heterocycles. The van der Waals surface area contributed by atoms with Crippen molar-refractivity contribution in [3.63, 3.8) is 0 Å². The molecule has 7 rings (SSSR count). The van der Waals surface area contributed by atoms with E-state index in [4.69, 9.17) is 11.0 Å². The number of hydrogen-bond donors (Lipinski definition) is 0. The van der Waals surface area contributed by atoms with E-state index >= 15 is 8.78 Å². The molecule has 8 heteroatoms. The average molecular weight is 524 g/mol. The van der Waals surface area contributed by atoms with Gasteiger partial charge in [0.05, 0.1) is 28.9 Å². The maximum absolute atomic E-state index is 15.1. The fourth-order valence-electron chi connectivity index (χ4n) is 5.33. The molecular formula is C31H13F5N2O. The number of fused-ring (bicyclic) bond motifs is 6. The molecule has 3 nitrogen and oxygen atoms in total. The second-order valence-corrected chi connectivity index (χ2v) is 9.05. The summed E-state index contributed by atoms with van der Waals surface area (Å²) in [5.74, 6) is -10.3. The van der Waals surface area contributed by atoms with Gasteiger partial charge in [0.1, 0.15) is 11.2 Å². The molecule has 0 bridgehead atoms.